The van der Waals surface area contributed by atoms with Crippen molar-refractivity contribution in [2.75, 3.05) is 0 Å². The third kappa shape index (κ3) is 3.85. The first-order chi connectivity index (χ1) is 9.53. The fourth-order valence-corrected chi connectivity index (χ4v) is 3.27. The van der Waals surface area contributed by atoms with Gasteiger partial charge in [-0.1, -0.05) is 70.7 Å². The molecular weight excluding hydrogens is 242 g/mol. The number of benzene rings is 1. The maximum Gasteiger partial charge on any atom is 0.0294 e. The van der Waals surface area contributed by atoms with Crippen LogP contribution in [0.5, 0.6) is 0 Å². The molecule has 1 aliphatic rings. The second kappa shape index (κ2) is 6.76. The summed E-state index contributed by atoms with van der Waals surface area (Å²) in [6.07, 6.45) is 9.33. The molecule has 1 aliphatic carbocycles. The molecule has 0 bridgehead atoms. The minimum absolute atomic E-state index is 0.217. The minimum Gasteiger partial charge on any atom is -0.324 e. The summed E-state index contributed by atoms with van der Waals surface area (Å²) < 4.78 is 0. The normalized spacial score (nSPS) is 18.4. The van der Waals surface area contributed by atoms with E-state index in [9.17, 15) is 0 Å². The molecule has 1 aromatic carbocycles. The fraction of sp³-hybridized carbons (Fsp3) is 0.684. The van der Waals surface area contributed by atoms with Crippen LogP contribution < -0.4 is 5.73 Å². The van der Waals surface area contributed by atoms with Crippen LogP contribution in [-0.2, 0) is 5.41 Å². The lowest BCUT2D eigenvalue weighted by molar-refractivity contribution is 0.453. The molecule has 112 valence electrons. The van der Waals surface area contributed by atoms with Gasteiger partial charge in [-0.2, -0.15) is 0 Å². The summed E-state index contributed by atoms with van der Waals surface area (Å²) in [5.74, 6) is 0.944. The molecule has 1 saturated carbocycles. The van der Waals surface area contributed by atoms with Crippen molar-refractivity contribution in [2.45, 2.75) is 77.2 Å². The molecule has 1 atom stereocenters. The van der Waals surface area contributed by atoms with Gasteiger partial charge in [0.05, 0.1) is 0 Å². The molecule has 1 nitrogen and oxygen atoms in total. The van der Waals surface area contributed by atoms with E-state index in [4.69, 9.17) is 5.73 Å². The minimum atomic E-state index is 0.217. The summed E-state index contributed by atoms with van der Waals surface area (Å²) in [5, 5.41) is 0. The zero-order valence-electron chi connectivity index (χ0n) is 13.5. The van der Waals surface area contributed by atoms with E-state index < -0.39 is 0 Å². The quantitative estimate of drug-likeness (QED) is 0.743. The van der Waals surface area contributed by atoms with E-state index in [1.54, 1.807) is 0 Å². The third-order valence-electron chi connectivity index (χ3n) is 5.36. The Balaban J connectivity index is 1.91. The van der Waals surface area contributed by atoms with E-state index >= 15 is 0 Å². The Labute approximate surface area is 125 Å². The molecule has 2 rings (SSSR count). The van der Waals surface area contributed by atoms with Crippen LogP contribution in [0.4, 0.5) is 0 Å². The van der Waals surface area contributed by atoms with E-state index in [0.717, 1.165) is 12.3 Å². The first-order valence-corrected chi connectivity index (χ1v) is 8.39. The maximum atomic E-state index is 6.36. The number of rotatable bonds is 6. The molecule has 0 radical (unpaired) electrons. The fourth-order valence-electron chi connectivity index (χ4n) is 3.27. The van der Waals surface area contributed by atoms with E-state index in [-0.39, 0.29) is 11.5 Å². The predicted molar refractivity (Wildman–Crippen MR) is 87.9 cm³/mol. The van der Waals surface area contributed by atoms with Crippen LogP contribution in [0.25, 0.3) is 0 Å². The standard InChI is InChI=1S/C19H31N/c1-4-19(2,3)17-12-10-16(11-13-17)18(20)14-9-15-7-5-6-8-15/h10-13,15,18H,4-9,14,20H2,1-3H3. The SMILES string of the molecule is CCC(C)(C)c1ccc(C(N)CCC2CCCC2)cc1. The Hall–Kier alpha value is -0.820. The highest BCUT2D eigenvalue weighted by molar-refractivity contribution is 5.29. The zero-order valence-corrected chi connectivity index (χ0v) is 13.5. The Morgan fingerprint density at radius 1 is 1.15 bits per heavy atom. The van der Waals surface area contributed by atoms with E-state index in [2.05, 4.69) is 45.0 Å². The van der Waals surface area contributed by atoms with Gasteiger partial charge in [0.15, 0.2) is 0 Å². The van der Waals surface area contributed by atoms with Crippen molar-refractivity contribution in [1.29, 1.82) is 0 Å². The van der Waals surface area contributed by atoms with Gasteiger partial charge in [0.1, 0.15) is 0 Å². The summed E-state index contributed by atoms with van der Waals surface area (Å²) in [6.45, 7) is 6.87. The van der Waals surface area contributed by atoms with Crippen molar-refractivity contribution < 1.29 is 0 Å². The molecule has 0 aromatic heterocycles. The highest BCUT2D eigenvalue weighted by Gasteiger charge is 2.19. The van der Waals surface area contributed by atoms with Crippen molar-refractivity contribution >= 4 is 0 Å². The second-order valence-corrected chi connectivity index (χ2v) is 7.19. The van der Waals surface area contributed by atoms with Gasteiger partial charge in [0, 0.05) is 6.04 Å². The Kier molecular flexibility index (Phi) is 5.26. The monoisotopic (exact) mass is 273 g/mol. The summed E-state index contributed by atoms with van der Waals surface area (Å²) in [4.78, 5) is 0. The van der Waals surface area contributed by atoms with Gasteiger partial charge in [0.25, 0.3) is 0 Å². The molecular formula is C19H31N. The molecule has 2 N–H and O–H groups in total. The van der Waals surface area contributed by atoms with Crippen molar-refractivity contribution in [2.24, 2.45) is 11.7 Å². The molecule has 1 aromatic rings. The Bertz CT molecular complexity index is 398. The summed E-state index contributed by atoms with van der Waals surface area (Å²) in [5.41, 5.74) is 9.36. The molecule has 0 aliphatic heterocycles. The van der Waals surface area contributed by atoms with Crippen LogP contribution in [0.15, 0.2) is 24.3 Å². The largest absolute Gasteiger partial charge is 0.324 e. The van der Waals surface area contributed by atoms with Gasteiger partial charge >= 0.3 is 0 Å². The van der Waals surface area contributed by atoms with Crippen LogP contribution in [-0.4, -0.2) is 0 Å². The van der Waals surface area contributed by atoms with Crippen molar-refractivity contribution in [3.63, 3.8) is 0 Å². The van der Waals surface area contributed by atoms with Crippen LogP contribution in [0, 0.1) is 5.92 Å². The first kappa shape index (κ1) is 15.6. The highest BCUT2D eigenvalue weighted by Crippen LogP contribution is 2.32. The van der Waals surface area contributed by atoms with E-state index in [0.29, 0.717) is 0 Å². The van der Waals surface area contributed by atoms with Crippen molar-refractivity contribution in [3.8, 4) is 0 Å². The summed E-state index contributed by atoms with van der Waals surface area (Å²) in [6, 6.07) is 9.25. The van der Waals surface area contributed by atoms with E-state index in [1.165, 1.54) is 49.7 Å². The van der Waals surface area contributed by atoms with Crippen LogP contribution >= 0.6 is 0 Å². The lowest BCUT2D eigenvalue weighted by Gasteiger charge is -2.24. The van der Waals surface area contributed by atoms with Gasteiger partial charge in [0.2, 0.25) is 0 Å². The Morgan fingerprint density at radius 2 is 1.75 bits per heavy atom. The average molecular weight is 273 g/mol. The Morgan fingerprint density at radius 3 is 2.30 bits per heavy atom. The summed E-state index contributed by atoms with van der Waals surface area (Å²) in [7, 11) is 0. The average Bonchev–Trinajstić information content (AvgIpc) is 2.98. The topological polar surface area (TPSA) is 26.0 Å². The summed E-state index contributed by atoms with van der Waals surface area (Å²) >= 11 is 0. The predicted octanol–water partition coefficient (Wildman–Crippen LogP) is 5.34. The number of hydrogen-bond acceptors (Lipinski definition) is 1. The van der Waals surface area contributed by atoms with Gasteiger partial charge in [-0.3, -0.25) is 0 Å². The van der Waals surface area contributed by atoms with Gasteiger partial charge in [-0.25, -0.2) is 0 Å². The third-order valence-corrected chi connectivity index (χ3v) is 5.36. The molecule has 0 amide bonds. The first-order valence-electron chi connectivity index (χ1n) is 8.39. The van der Waals surface area contributed by atoms with Crippen molar-refractivity contribution in [3.05, 3.63) is 35.4 Å². The zero-order chi connectivity index (χ0) is 14.6. The molecule has 0 saturated heterocycles. The highest BCUT2D eigenvalue weighted by atomic mass is 14.6. The van der Waals surface area contributed by atoms with E-state index in [1.807, 2.05) is 0 Å². The maximum absolute atomic E-state index is 6.36. The lowest BCUT2D eigenvalue weighted by Crippen LogP contribution is -2.16. The molecule has 1 heteroatoms. The molecule has 20 heavy (non-hydrogen) atoms. The molecule has 1 fully saturated rings. The van der Waals surface area contributed by atoms with Crippen molar-refractivity contribution in [1.82, 2.24) is 0 Å². The number of nitrogens with two attached hydrogens (primary N) is 1. The van der Waals surface area contributed by atoms with Gasteiger partial charge < -0.3 is 5.73 Å². The van der Waals surface area contributed by atoms with Gasteiger partial charge in [-0.15, -0.1) is 0 Å². The van der Waals surface area contributed by atoms with Crippen LogP contribution in [0.2, 0.25) is 0 Å². The van der Waals surface area contributed by atoms with Crippen LogP contribution in [0.1, 0.15) is 82.9 Å². The van der Waals surface area contributed by atoms with Gasteiger partial charge in [-0.05, 0) is 41.7 Å². The molecule has 0 spiro atoms. The lowest BCUT2D eigenvalue weighted by atomic mass is 9.81. The van der Waals surface area contributed by atoms with Crippen LogP contribution in [0.3, 0.4) is 0 Å². The second-order valence-electron chi connectivity index (χ2n) is 7.19. The molecule has 1 unspecified atom stereocenters. The number of hydrogen-bond donors (Lipinski definition) is 1. The molecule has 0 heterocycles. The smallest absolute Gasteiger partial charge is 0.0294 e.